The van der Waals surface area contributed by atoms with E-state index in [4.69, 9.17) is 41.3 Å². The van der Waals surface area contributed by atoms with Gasteiger partial charge in [-0.2, -0.15) is 15.2 Å². The van der Waals surface area contributed by atoms with Gasteiger partial charge in [-0.1, -0.05) is 17.7 Å². The Morgan fingerprint density at radius 1 is 1.24 bits per heavy atom. The van der Waals surface area contributed by atoms with E-state index in [1.165, 1.54) is 12.1 Å². The van der Waals surface area contributed by atoms with Crippen LogP contribution < -0.4 is 25.4 Å². The van der Waals surface area contributed by atoms with Crippen molar-refractivity contribution < 1.29 is 27.7 Å². The average Bonchev–Trinajstić information content (AvgIpc) is 3.72. The monoisotopic (exact) mass is 654 g/mol. The summed E-state index contributed by atoms with van der Waals surface area (Å²) in [5.74, 6) is -0.722. The van der Waals surface area contributed by atoms with Crippen LogP contribution in [0.3, 0.4) is 0 Å². The first kappa shape index (κ1) is 28.9. The lowest BCUT2D eigenvalue weighted by Crippen LogP contribution is -2.50. The number of hydrogen-bond donors (Lipinski definition) is 2. The van der Waals surface area contributed by atoms with Crippen molar-refractivity contribution in [1.82, 2.24) is 15.3 Å². The Hall–Kier alpha value is -3.54. The molecular weight excluding hydrogens is 626 g/mol. The van der Waals surface area contributed by atoms with Crippen molar-refractivity contribution in [2.45, 2.75) is 37.5 Å². The second kappa shape index (κ2) is 10.8. The van der Waals surface area contributed by atoms with E-state index >= 15 is 4.39 Å². The quantitative estimate of drug-likeness (QED) is 0.280. The number of ether oxygens (including phenoxy) is 4. The summed E-state index contributed by atoms with van der Waals surface area (Å²) < 4.78 is 56.7. The highest BCUT2D eigenvalue weighted by atomic mass is 35.5. The molecular formula is C31H29ClF2N6O4S. The minimum absolute atomic E-state index is 0.0189. The maximum absolute atomic E-state index is 17.1. The van der Waals surface area contributed by atoms with Crippen LogP contribution in [-0.2, 0) is 9.47 Å². The molecule has 1 aliphatic carbocycles. The highest BCUT2D eigenvalue weighted by Crippen LogP contribution is 2.52. The van der Waals surface area contributed by atoms with E-state index in [1.807, 2.05) is 13.1 Å². The van der Waals surface area contributed by atoms with Crippen molar-refractivity contribution in [3.8, 4) is 29.0 Å². The van der Waals surface area contributed by atoms with Crippen LogP contribution in [0.1, 0.15) is 24.8 Å². The number of anilines is 2. The maximum Gasteiger partial charge on any atom is 0.319 e. The number of fused-ring (bicyclic) bond motifs is 4. The smallest absolute Gasteiger partial charge is 0.319 e. The van der Waals surface area contributed by atoms with Gasteiger partial charge in [0.25, 0.3) is 0 Å². The lowest BCUT2D eigenvalue weighted by molar-refractivity contribution is -0.00562. The molecule has 2 aromatic carbocycles. The van der Waals surface area contributed by atoms with Gasteiger partial charge in [0, 0.05) is 35.9 Å². The third kappa shape index (κ3) is 4.49. The van der Waals surface area contributed by atoms with Crippen LogP contribution in [0, 0.1) is 28.4 Å². The lowest BCUT2D eigenvalue weighted by Gasteiger charge is -2.41. The van der Waals surface area contributed by atoms with Crippen molar-refractivity contribution in [3.05, 3.63) is 34.4 Å². The molecule has 5 aliphatic rings. The summed E-state index contributed by atoms with van der Waals surface area (Å²) in [5.41, 5.74) is 6.14. The van der Waals surface area contributed by atoms with Gasteiger partial charge in [-0.05, 0) is 31.5 Å². The first-order chi connectivity index (χ1) is 21.8. The van der Waals surface area contributed by atoms with Gasteiger partial charge in [0.1, 0.15) is 34.3 Å². The predicted molar refractivity (Wildman–Crippen MR) is 166 cm³/mol. The molecule has 6 heterocycles. The number of nitrogen functional groups attached to an aromatic ring is 1. The van der Waals surface area contributed by atoms with Crippen molar-refractivity contribution in [2.24, 2.45) is 5.41 Å². The van der Waals surface area contributed by atoms with E-state index in [0.29, 0.717) is 57.1 Å². The number of nitriles is 1. The van der Waals surface area contributed by atoms with Crippen molar-refractivity contribution in [2.75, 3.05) is 57.2 Å². The van der Waals surface area contributed by atoms with E-state index < -0.39 is 11.6 Å². The molecule has 9 rings (SSSR count). The average molecular weight is 655 g/mol. The van der Waals surface area contributed by atoms with Crippen molar-refractivity contribution >= 4 is 54.7 Å². The van der Waals surface area contributed by atoms with Crippen molar-refractivity contribution in [1.29, 1.82) is 5.26 Å². The fourth-order valence-electron chi connectivity index (χ4n) is 7.11. The first-order valence-corrected chi connectivity index (χ1v) is 16.0. The molecule has 4 aliphatic heterocycles. The molecule has 3 N–H and O–H groups in total. The SMILES string of the molecule is CNCCN1c2nc(OCC34COC(C3)C4)nc3c(F)c(-c4ccc(F)c5sc(N)c(C#N)c45)c(Cl)c(c23)OC2COCC1C2. The number of hydrogen-bond acceptors (Lipinski definition) is 11. The highest BCUT2D eigenvalue weighted by Gasteiger charge is 2.52. The van der Waals surface area contributed by atoms with E-state index in [-0.39, 0.29) is 77.7 Å². The lowest BCUT2D eigenvalue weighted by atomic mass is 9.71. The number of likely N-dealkylation sites (N-methyl/N-ethyl adjacent to an activating group) is 1. The number of benzene rings is 2. The summed E-state index contributed by atoms with van der Waals surface area (Å²) in [5, 5.41) is 13.7. The number of nitrogens with two attached hydrogens (primary N) is 1. The number of nitrogens with one attached hydrogen (secondary N) is 1. The summed E-state index contributed by atoms with van der Waals surface area (Å²) in [6.45, 7) is 2.87. The van der Waals surface area contributed by atoms with Crippen LogP contribution in [0.15, 0.2) is 12.1 Å². The maximum atomic E-state index is 17.1. The van der Waals surface area contributed by atoms with Crippen LogP contribution in [0.4, 0.5) is 19.6 Å². The third-order valence-corrected chi connectivity index (χ3v) is 10.7. The van der Waals surface area contributed by atoms with E-state index in [1.54, 1.807) is 0 Å². The summed E-state index contributed by atoms with van der Waals surface area (Å²) in [4.78, 5) is 11.6. The van der Waals surface area contributed by atoms with Gasteiger partial charge in [-0.15, -0.1) is 11.3 Å². The molecule has 2 aromatic heterocycles. The summed E-state index contributed by atoms with van der Waals surface area (Å²) in [6, 6.07) is 4.59. The van der Waals surface area contributed by atoms with E-state index in [9.17, 15) is 9.65 Å². The Morgan fingerprint density at radius 3 is 2.84 bits per heavy atom. The van der Waals surface area contributed by atoms with E-state index in [0.717, 1.165) is 24.2 Å². The second-order valence-corrected chi connectivity index (χ2v) is 13.7. The predicted octanol–water partition coefficient (Wildman–Crippen LogP) is 5.03. The molecule has 2 atom stereocenters. The summed E-state index contributed by atoms with van der Waals surface area (Å²) >= 11 is 8.03. The number of halogens is 3. The normalized spacial score (nSPS) is 25.0. The molecule has 4 bridgehead atoms. The Balaban J connectivity index is 1.39. The van der Waals surface area contributed by atoms with Crippen LogP contribution >= 0.6 is 22.9 Å². The van der Waals surface area contributed by atoms with Crippen LogP contribution in [0.25, 0.3) is 32.1 Å². The zero-order chi connectivity index (χ0) is 31.0. The van der Waals surface area contributed by atoms with Crippen LogP contribution in [0.5, 0.6) is 11.8 Å². The molecule has 0 amide bonds. The van der Waals surface area contributed by atoms with Crippen molar-refractivity contribution in [3.63, 3.8) is 0 Å². The molecule has 0 radical (unpaired) electrons. The summed E-state index contributed by atoms with van der Waals surface area (Å²) in [7, 11) is 1.86. The number of aromatic nitrogens is 2. The standard InChI is InChI=1S/C31H29ClF2N6O4S/c1-37-4-5-40-14-6-15(11-41-10-14)44-26-22-25(38-30(39-29(22)40)43-13-31-7-16(8-31)42-12-31)24(34)21(23(26)32)17-2-3-19(33)27-20(17)18(9-35)28(36)45-27/h2-3,14-16,37H,4-8,10-13,36H2,1H3. The molecule has 2 unspecified atom stereocenters. The fourth-order valence-corrected chi connectivity index (χ4v) is 8.38. The Bertz CT molecular complexity index is 1910. The molecule has 10 nitrogen and oxygen atoms in total. The number of nitrogens with zero attached hydrogens (tertiary/aromatic N) is 4. The molecule has 0 spiro atoms. The minimum Gasteiger partial charge on any atom is -0.485 e. The molecule has 14 heteroatoms. The topological polar surface area (TPSA) is 128 Å². The van der Waals surface area contributed by atoms with E-state index in [2.05, 4.69) is 15.2 Å². The molecule has 3 saturated heterocycles. The first-order valence-electron chi connectivity index (χ1n) is 14.8. The van der Waals surface area contributed by atoms with Gasteiger partial charge in [-0.3, -0.25) is 0 Å². The van der Waals surface area contributed by atoms with Gasteiger partial charge in [-0.25, -0.2) is 8.78 Å². The fraction of sp³-hybridized carbons (Fsp3) is 0.452. The Labute approximate surface area is 266 Å². The molecule has 45 heavy (non-hydrogen) atoms. The Kier molecular flexibility index (Phi) is 6.92. The zero-order valence-electron chi connectivity index (χ0n) is 24.3. The van der Waals surface area contributed by atoms with Gasteiger partial charge >= 0.3 is 6.01 Å². The Morgan fingerprint density at radius 2 is 2.09 bits per heavy atom. The minimum atomic E-state index is -0.765. The zero-order valence-corrected chi connectivity index (χ0v) is 25.9. The van der Waals surface area contributed by atoms with Gasteiger partial charge in [0.05, 0.1) is 59.2 Å². The molecule has 1 saturated carbocycles. The summed E-state index contributed by atoms with van der Waals surface area (Å²) in [6.07, 6.45) is 2.31. The molecule has 234 valence electrons. The third-order valence-electron chi connectivity index (χ3n) is 9.34. The van der Waals surface area contributed by atoms with Crippen LogP contribution in [0.2, 0.25) is 5.02 Å². The van der Waals surface area contributed by atoms with Gasteiger partial charge < -0.3 is 34.9 Å². The number of thiophene rings is 1. The van der Waals surface area contributed by atoms with Gasteiger partial charge in [0.2, 0.25) is 0 Å². The second-order valence-electron chi connectivity index (χ2n) is 12.2. The van der Waals surface area contributed by atoms with Gasteiger partial charge in [0.15, 0.2) is 11.6 Å². The molecule has 4 fully saturated rings. The van der Waals surface area contributed by atoms with Crippen LogP contribution in [-0.4, -0.2) is 74.8 Å². The number of rotatable bonds is 7. The molecule has 4 aromatic rings. The largest absolute Gasteiger partial charge is 0.485 e. The highest BCUT2D eigenvalue weighted by molar-refractivity contribution is 7.23.